The Labute approximate surface area is 164 Å². The fraction of sp³-hybridized carbons (Fsp3) is 0.368. The molecule has 0 aromatic heterocycles. The Kier molecular flexibility index (Phi) is 5.97. The summed E-state index contributed by atoms with van der Waals surface area (Å²) < 4.78 is 32.7. The van der Waals surface area contributed by atoms with Gasteiger partial charge in [-0.15, -0.1) is 0 Å². The van der Waals surface area contributed by atoms with Gasteiger partial charge in [-0.05, 0) is 36.2 Å². The lowest BCUT2D eigenvalue weighted by Gasteiger charge is -2.29. The second-order valence-electron chi connectivity index (χ2n) is 6.85. The predicted molar refractivity (Wildman–Crippen MR) is 104 cm³/mol. The number of nitro groups is 1. The first-order valence-electron chi connectivity index (χ1n) is 9.18. The van der Waals surface area contributed by atoms with Gasteiger partial charge in [0.1, 0.15) is 5.75 Å². The summed E-state index contributed by atoms with van der Waals surface area (Å²) in [6.45, 7) is 4.22. The molecule has 1 fully saturated rings. The van der Waals surface area contributed by atoms with Crippen molar-refractivity contribution in [3.05, 3.63) is 58.1 Å². The summed E-state index contributed by atoms with van der Waals surface area (Å²) in [6, 6.07) is 11.0. The molecule has 2 aromatic rings. The zero-order valence-electron chi connectivity index (χ0n) is 15.9. The molecule has 0 radical (unpaired) electrons. The highest BCUT2D eigenvalue weighted by atomic mass is 32.2. The number of likely N-dealkylation sites (N-methyl/N-ethyl adjacent to an activating group) is 1. The first-order valence-corrected chi connectivity index (χ1v) is 10.6. The number of nitrogens with one attached hydrogen (secondary N) is 1. The summed E-state index contributed by atoms with van der Waals surface area (Å²) in [5.41, 5.74) is 0.748. The van der Waals surface area contributed by atoms with Crippen molar-refractivity contribution in [1.82, 2.24) is 4.31 Å². The van der Waals surface area contributed by atoms with E-state index in [0.717, 1.165) is 18.1 Å². The van der Waals surface area contributed by atoms with E-state index in [9.17, 15) is 18.5 Å². The average Bonchev–Trinajstić information content (AvgIpc) is 2.69. The minimum Gasteiger partial charge on any atom is -0.450 e. The molecule has 28 heavy (non-hydrogen) atoms. The highest BCUT2D eigenvalue weighted by Gasteiger charge is 2.31. The van der Waals surface area contributed by atoms with Gasteiger partial charge in [0.25, 0.3) is 0 Å². The lowest BCUT2D eigenvalue weighted by molar-refractivity contribution is -0.883. The number of piperazine rings is 1. The van der Waals surface area contributed by atoms with E-state index < -0.39 is 14.9 Å². The van der Waals surface area contributed by atoms with Gasteiger partial charge >= 0.3 is 5.69 Å². The van der Waals surface area contributed by atoms with E-state index >= 15 is 0 Å². The molecule has 3 rings (SSSR count). The van der Waals surface area contributed by atoms with Crippen LogP contribution in [0, 0.1) is 10.1 Å². The molecule has 9 heteroatoms. The Morgan fingerprint density at radius 1 is 1.14 bits per heavy atom. The number of rotatable bonds is 6. The summed E-state index contributed by atoms with van der Waals surface area (Å²) in [7, 11) is -1.77. The fourth-order valence-electron chi connectivity index (χ4n) is 3.06. The van der Waals surface area contributed by atoms with Crippen molar-refractivity contribution in [2.45, 2.75) is 18.2 Å². The van der Waals surface area contributed by atoms with Crippen LogP contribution < -0.4 is 9.64 Å². The Bertz CT molecular complexity index is 952. The molecule has 0 atom stereocenters. The molecule has 1 aliphatic rings. The zero-order chi connectivity index (χ0) is 20.3. The van der Waals surface area contributed by atoms with Gasteiger partial charge in [-0.1, -0.05) is 19.1 Å². The average molecular weight is 406 g/mol. The van der Waals surface area contributed by atoms with Gasteiger partial charge in [0.15, 0.2) is 0 Å². The molecule has 1 aliphatic heterocycles. The van der Waals surface area contributed by atoms with Crippen LogP contribution in [0.15, 0.2) is 47.4 Å². The Hall–Kier alpha value is -2.49. The van der Waals surface area contributed by atoms with Crippen molar-refractivity contribution in [3.63, 3.8) is 0 Å². The van der Waals surface area contributed by atoms with Gasteiger partial charge in [0, 0.05) is 6.07 Å². The second kappa shape index (κ2) is 8.26. The van der Waals surface area contributed by atoms with Crippen molar-refractivity contribution >= 4 is 15.7 Å². The van der Waals surface area contributed by atoms with Crippen molar-refractivity contribution in [2.75, 3.05) is 33.2 Å². The number of aryl methyl sites for hydroxylation is 1. The van der Waals surface area contributed by atoms with E-state index in [1.807, 2.05) is 26.1 Å². The van der Waals surface area contributed by atoms with Crippen LogP contribution in [0.2, 0.25) is 0 Å². The summed E-state index contributed by atoms with van der Waals surface area (Å²) in [6.07, 6.45) is 0.876. The number of nitrogens with zero attached hydrogens (tertiary/aromatic N) is 2. The maximum absolute atomic E-state index is 12.9. The molecule has 1 heterocycles. The summed E-state index contributed by atoms with van der Waals surface area (Å²) in [4.78, 5) is 12.1. The van der Waals surface area contributed by atoms with Crippen LogP contribution >= 0.6 is 0 Å². The number of benzene rings is 2. The monoisotopic (exact) mass is 406 g/mol. The minimum atomic E-state index is -3.78. The van der Waals surface area contributed by atoms with E-state index in [0.29, 0.717) is 31.9 Å². The number of hydrogen-bond acceptors (Lipinski definition) is 5. The molecule has 0 bridgehead atoms. The normalized spacial score (nSPS) is 16.1. The molecule has 2 aromatic carbocycles. The standard InChI is InChI=1S/C19H23N3O5S/c1-3-15-4-6-16(7-5-15)27-19-9-8-17(14-18(19)22(23)24)28(25,26)21-12-10-20(2)11-13-21/h4-9,14H,3,10-13H2,1-2H3/p+1. The number of hydrogen-bond donors (Lipinski definition) is 1. The van der Waals surface area contributed by atoms with Crippen LogP contribution in [0.1, 0.15) is 12.5 Å². The van der Waals surface area contributed by atoms with Gasteiger partial charge in [0.05, 0.1) is 43.0 Å². The van der Waals surface area contributed by atoms with Gasteiger partial charge in [-0.25, -0.2) is 8.42 Å². The lowest BCUT2D eigenvalue weighted by atomic mass is 10.2. The van der Waals surface area contributed by atoms with Crippen molar-refractivity contribution in [1.29, 1.82) is 0 Å². The van der Waals surface area contributed by atoms with Crippen molar-refractivity contribution in [2.24, 2.45) is 0 Å². The number of quaternary nitrogens is 1. The third-order valence-electron chi connectivity index (χ3n) is 4.90. The Morgan fingerprint density at radius 3 is 2.36 bits per heavy atom. The maximum Gasteiger partial charge on any atom is 0.312 e. The summed E-state index contributed by atoms with van der Waals surface area (Å²) in [5, 5.41) is 11.5. The second-order valence-corrected chi connectivity index (χ2v) is 8.79. The zero-order valence-corrected chi connectivity index (χ0v) is 16.7. The molecular formula is C19H24N3O5S+. The summed E-state index contributed by atoms with van der Waals surface area (Å²) in [5.74, 6) is 0.467. The van der Waals surface area contributed by atoms with Crippen LogP contribution in [0.5, 0.6) is 11.5 Å². The highest BCUT2D eigenvalue weighted by Crippen LogP contribution is 2.34. The molecule has 0 amide bonds. The Balaban J connectivity index is 1.89. The van der Waals surface area contributed by atoms with Gasteiger partial charge in [0.2, 0.25) is 15.8 Å². The van der Waals surface area contributed by atoms with Crippen LogP contribution in [-0.4, -0.2) is 50.9 Å². The van der Waals surface area contributed by atoms with E-state index in [-0.39, 0.29) is 16.3 Å². The minimum absolute atomic E-state index is 0.0102. The topological polar surface area (TPSA) is 94.2 Å². The molecule has 0 spiro atoms. The molecule has 8 nitrogen and oxygen atoms in total. The number of ether oxygens (including phenoxy) is 1. The molecule has 150 valence electrons. The Morgan fingerprint density at radius 2 is 1.79 bits per heavy atom. The fourth-order valence-corrected chi connectivity index (χ4v) is 4.53. The predicted octanol–water partition coefficient (Wildman–Crippen LogP) is 1.47. The maximum atomic E-state index is 12.9. The quantitative estimate of drug-likeness (QED) is 0.579. The van der Waals surface area contributed by atoms with Crippen LogP contribution in [0.4, 0.5) is 5.69 Å². The molecule has 0 saturated carbocycles. The molecule has 0 unspecified atom stereocenters. The number of nitro benzene ring substituents is 1. The van der Waals surface area contributed by atoms with Gasteiger partial charge in [-0.2, -0.15) is 4.31 Å². The van der Waals surface area contributed by atoms with Crippen molar-refractivity contribution in [3.8, 4) is 11.5 Å². The van der Waals surface area contributed by atoms with Gasteiger partial charge < -0.3 is 9.64 Å². The molecule has 0 aliphatic carbocycles. The van der Waals surface area contributed by atoms with E-state index in [1.165, 1.54) is 21.3 Å². The molecule has 1 saturated heterocycles. The largest absolute Gasteiger partial charge is 0.450 e. The third-order valence-corrected chi connectivity index (χ3v) is 6.79. The molecular weight excluding hydrogens is 382 g/mol. The van der Waals surface area contributed by atoms with Crippen LogP contribution in [-0.2, 0) is 16.4 Å². The van der Waals surface area contributed by atoms with E-state index in [4.69, 9.17) is 4.74 Å². The molecule has 1 N–H and O–H groups in total. The highest BCUT2D eigenvalue weighted by molar-refractivity contribution is 7.89. The summed E-state index contributed by atoms with van der Waals surface area (Å²) >= 11 is 0. The van der Waals surface area contributed by atoms with E-state index in [2.05, 4.69) is 0 Å². The van der Waals surface area contributed by atoms with Crippen LogP contribution in [0.3, 0.4) is 0 Å². The van der Waals surface area contributed by atoms with E-state index in [1.54, 1.807) is 12.1 Å². The first kappa shape index (κ1) is 20.2. The SMILES string of the molecule is CCc1ccc(Oc2ccc(S(=O)(=O)N3CC[NH+](C)CC3)cc2[N+](=O)[O-])cc1. The third kappa shape index (κ3) is 4.32. The number of sulfonamides is 1. The smallest absolute Gasteiger partial charge is 0.312 e. The lowest BCUT2D eigenvalue weighted by Crippen LogP contribution is -3.12. The van der Waals surface area contributed by atoms with Crippen molar-refractivity contribution < 1.29 is 23.0 Å². The first-order chi connectivity index (χ1) is 13.3. The van der Waals surface area contributed by atoms with Gasteiger partial charge in [-0.3, -0.25) is 10.1 Å². The van der Waals surface area contributed by atoms with Crippen LogP contribution in [0.25, 0.3) is 0 Å².